The van der Waals surface area contributed by atoms with Crippen LogP contribution < -0.4 is 0 Å². The summed E-state index contributed by atoms with van der Waals surface area (Å²) in [4.78, 5) is 30.1. The molecule has 1 N–H and O–H groups in total. The molecule has 0 heterocycles. The van der Waals surface area contributed by atoms with Gasteiger partial charge in [0.15, 0.2) is 0 Å². The van der Waals surface area contributed by atoms with Crippen LogP contribution in [-0.4, -0.2) is 29.4 Å². The average Bonchev–Trinajstić information content (AvgIpc) is 2.14. The van der Waals surface area contributed by atoms with Crippen molar-refractivity contribution in [2.75, 3.05) is 6.61 Å². The summed E-state index contributed by atoms with van der Waals surface area (Å²) < 4.78 is 4.64. The van der Waals surface area contributed by atoms with Gasteiger partial charge in [0.05, 0.1) is 6.61 Å². The van der Waals surface area contributed by atoms with Gasteiger partial charge in [-0.05, 0) is 13.3 Å². The summed E-state index contributed by atoms with van der Waals surface area (Å²) in [6.45, 7) is 6.64. The molecule has 0 aliphatic heterocycles. The number of rotatable bonds is 5. The number of aliphatic carboxylic acids is 1. The first-order chi connectivity index (χ1) is 6.93. The molecule has 0 atom stereocenters. The van der Waals surface area contributed by atoms with Crippen LogP contribution in [0.1, 0.15) is 26.7 Å². The number of carboxylic acid groups (broad SMARTS) is 1. The second-order valence-electron chi connectivity index (χ2n) is 2.64. The maximum Gasteiger partial charge on any atom is 0.327 e. The smallest absolute Gasteiger partial charge is 0.327 e. The molecular weight excluding hydrogens is 200 g/mol. The summed E-state index contributed by atoms with van der Waals surface area (Å²) in [7, 11) is 0. The van der Waals surface area contributed by atoms with Gasteiger partial charge in [0.2, 0.25) is 0 Å². The number of esters is 1. The van der Waals surface area contributed by atoms with Gasteiger partial charge in [0, 0.05) is 6.08 Å². The predicted octanol–water partition coefficient (Wildman–Crippen LogP) is 1.18. The number of carbonyl (C=O) groups is 3. The molecule has 0 saturated heterocycles. The standard InChI is InChI=1S/C7H12O3.C3H4O2/c1-3-4-10-7(9)5-6(2)8;1-2-3(4)5/h3-5H2,1-2H3;2H,1H2,(H,4,5). The normalized spacial score (nSPS) is 8.13. The largest absolute Gasteiger partial charge is 0.478 e. The molecule has 0 aromatic heterocycles. The molecular formula is C10H16O5. The van der Waals surface area contributed by atoms with Gasteiger partial charge in [-0.15, -0.1) is 0 Å². The molecule has 0 spiro atoms. The predicted molar refractivity (Wildman–Crippen MR) is 54.4 cm³/mol. The van der Waals surface area contributed by atoms with Crippen molar-refractivity contribution >= 4 is 17.7 Å². The minimum absolute atomic E-state index is 0.0972. The Morgan fingerprint density at radius 3 is 2.13 bits per heavy atom. The van der Waals surface area contributed by atoms with Crippen LogP contribution in [0.2, 0.25) is 0 Å². The van der Waals surface area contributed by atoms with Crippen LogP contribution >= 0.6 is 0 Å². The Morgan fingerprint density at radius 2 is 1.87 bits per heavy atom. The lowest BCUT2D eigenvalue weighted by Gasteiger charge is -1.98. The van der Waals surface area contributed by atoms with Crippen molar-refractivity contribution in [2.45, 2.75) is 26.7 Å². The van der Waals surface area contributed by atoms with E-state index in [2.05, 4.69) is 11.3 Å². The Kier molecular flexibility index (Phi) is 11.0. The molecule has 0 bridgehead atoms. The fraction of sp³-hybridized carbons (Fsp3) is 0.500. The van der Waals surface area contributed by atoms with Crippen LogP contribution in [0.5, 0.6) is 0 Å². The Bertz CT molecular complexity index is 232. The van der Waals surface area contributed by atoms with Crippen molar-refractivity contribution < 1.29 is 24.2 Å². The highest BCUT2D eigenvalue weighted by atomic mass is 16.5. The van der Waals surface area contributed by atoms with Crippen molar-refractivity contribution in [2.24, 2.45) is 0 Å². The zero-order chi connectivity index (χ0) is 12.3. The molecule has 86 valence electrons. The highest BCUT2D eigenvalue weighted by Crippen LogP contribution is 1.88. The molecule has 0 aliphatic carbocycles. The fourth-order valence-corrected chi connectivity index (χ4v) is 0.470. The average molecular weight is 216 g/mol. The van der Waals surface area contributed by atoms with Gasteiger partial charge in [-0.3, -0.25) is 9.59 Å². The highest BCUT2D eigenvalue weighted by Gasteiger charge is 2.04. The second kappa shape index (κ2) is 10.4. The van der Waals surface area contributed by atoms with Crippen LogP contribution in [0.25, 0.3) is 0 Å². The quantitative estimate of drug-likeness (QED) is 0.424. The van der Waals surface area contributed by atoms with E-state index in [1.165, 1.54) is 6.92 Å². The van der Waals surface area contributed by atoms with Gasteiger partial charge in [-0.25, -0.2) is 4.79 Å². The number of carbonyl (C=O) groups excluding carboxylic acids is 2. The third-order valence-corrected chi connectivity index (χ3v) is 1.04. The summed E-state index contributed by atoms with van der Waals surface area (Å²) >= 11 is 0. The first-order valence-electron chi connectivity index (χ1n) is 4.44. The Balaban J connectivity index is 0. The van der Waals surface area contributed by atoms with E-state index in [-0.39, 0.29) is 12.2 Å². The number of ketones is 1. The third-order valence-electron chi connectivity index (χ3n) is 1.04. The Morgan fingerprint density at radius 1 is 1.40 bits per heavy atom. The van der Waals surface area contributed by atoms with Crippen molar-refractivity contribution in [3.8, 4) is 0 Å². The molecule has 0 aromatic rings. The number of hydrogen-bond acceptors (Lipinski definition) is 4. The van der Waals surface area contributed by atoms with Gasteiger partial charge in [0.25, 0.3) is 0 Å². The molecule has 5 heteroatoms. The third kappa shape index (κ3) is 19.0. The van der Waals surface area contributed by atoms with Gasteiger partial charge in [-0.2, -0.15) is 0 Å². The molecule has 0 aromatic carbocycles. The minimum atomic E-state index is -0.981. The van der Waals surface area contributed by atoms with Crippen molar-refractivity contribution in [3.05, 3.63) is 12.7 Å². The van der Waals surface area contributed by atoms with Gasteiger partial charge >= 0.3 is 11.9 Å². The van der Waals surface area contributed by atoms with E-state index < -0.39 is 11.9 Å². The number of ether oxygens (including phenoxy) is 1. The first-order valence-corrected chi connectivity index (χ1v) is 4.44. The molecule has 0 rings (SSSR count). The van der Waals surface area contributed by atoms with Gasteiger partial charge in [0.1, 0.15) is 12.2 Å². The van der Waals surface area contributed by atoms with Gasteiger partial charge in [-0.1, -0.05) is 13.5 Å². The SMILES string of the molecule is C=CC(=O)O.CCCOC(=O)CC(C)=O. The Hall–Kier alpha value is -1.65. The van der Waals surface area contributed by atoms with Crippen molar-refractivity contribution in [1.82, 2.24) is 0 Å². The number of carboxylic acids is 1. The maximum absolute atomic E-state index is 10.6. The molecule has 0 aliphatic rings. The van der Waals surface area contributed by atoms with E-state index in [1.54, 1.807) is 0 Å². The zero-order valence-corrected chi connectivity index (χ0v) is 8.99. The summed E-state index contributed by atoms with van der Waals surface area (Å²) in [6, 6.07) is 0. The topological polar surface area (TPSA) is 80.7 Å². The summed E-state index contributed by atoms with van der Waals surface area (Å²) in [5, 5.41) is 7.60. The van der Waals surface area contributed by atoms with E-state index in [0.29, 0.717) is 6.61 Å². The number of Topliss-reactive ketones (excluding diaryl/α,β-unsaturated/α-hetero) is 1. The lowest BCUT2D eigenvalue weighted by Crippen LogP contribution is -2.09. The monoisotopic (exact) mass is 216 g/mol. The van der Waals surface area contributed by atoms with E-state index >= 15 is 0 Å². The van der Waals surface area contributed by atoms with Crippen LogP contribution in [0, 0.1) is 0 Å². The van der Waals surface area contributed by atoms with Crippen molar-refractivity contribution in [3.63, 3.8) is 0 Å². The molecule has 0 fully saturated rings. The zero-order valence-electron chi connectivity index (χ0n) is 8.99. The lowest BCUT2D eigenvalue weighted by atomic mass is 10.3. The molecule has 0 amide bonds. The molecule has 0 saturated carbocycles. The van der Waals surface area contributed by atoms with E-state index in [0.717, 1.165) is 12.5 Å². The molecule has 5 nitrogen and oxygen atoms in total. The summed E-state index contributed by atoms with van der Waals surface area (Å²) in [5.74, 6) is -1.56. The summed E-state index contributed by atoms with van der Waals surface area (Å²) in [5.41, 5.74) is 0. The first kappa shape index (κ1) is 15.8. The minimum Gasteiger partial charge on any atom is -0.478 e. The molecule has 15 heavy (non-hydrogen) atoms. The van der Waals surface area contributed by atoms with Crippen molar-refractivity contribution in [1.29, 1.82) is 0 Å². The second-order valence-corrected chi connectivity index (χ2v) is 2.64. The van der Waals surface area contributed by atoms with Crippen LogP contribution in [0.3, 0.4) is 0 Å². The van der Waals surface area contributed by atoms with Gasteiger partial charge < -0.3 is 9.84 Å². The Labute approximate surface area is 88.7 Å². The van der Waals surface area contributed by atoms with Crippen LogP contribution in [-0.2, 0) is 19.1 Å². The number of hydrogen-bond donors (Lipinski definition) is 1. The molecule has 0 unspecified atom stereocenters. The molecule has 0 radical (unpaired) electrons. The maximum atomic E-state index is 10.6. The van der Waals surface area contributed by atoms with E-state index in [4.69, 9.17) is 5.11 Å². The highest BCUT2D eigenvalue weighted by molar-refractivity contribution is 5.94. The van der Waals surface area contributed by atoms with E-state index in [1.807, 2.05) is 6.92 Å². The summed E-state index contributed by atoms with van der Waals surface area (Å²) in [6.07, 6.45) is 1.53. The van der Waals surface area contributed by atoms with E-state index in [9.17, 15) is 14.4 Å². The fourth-order valence-electron chi connectivity index (χ4n) is 0.470. The lowest BCUT2D eigenvalue weighted by molar-refractivity contribution is -0.145. The van der Waals surface area contributed by atoms with Crippen LogP contribution in [0.15, 0.2) is 12.7 Å². The van der Waals surface area contributed by atoms with Crippen LogP contribution in [0.4, 0.5) is 0 Å².